The summed E-state index contributed by atoms with van der Waals surface area (Å²) in [6.45, 7) is 5.20. The molecule has 0 bridgehead atoms. The molecule has 0 atom stereocenters. The summed E-state index contributed by atoms with van der Waals surface area (Å²) in [5.74, 6) is 1.57. The first kappa shape index (κ1) is 20.3. The van der Waals surface area contributed by atoms with Gasteiger partial charge in [0.2, 0.25) is 11.8 Å². The van der Waals surface area contributed by atoms with Crippen LogP contribution in [-0.2, 0) is 4.79 Å². The number of hydrogen-bond acceptors (Lipinski definition) is 7. The molecule has 0 radical (unpaired) electrons. The van der Waals surface area contributed by atoms with Gasteiger partial charge in [-0.15, -0.1) is 10.2 Å². The van der Waals surface area contributed by atoms with Crippen LogP contribution in [0.5, 0.6) is 5.75 Å². The highest BCUT2D eigenvalue weighted by atomic mass is 32.2. The van der Waals surface area contributed by atoms with Crippen LogP contribution < -0.4 is 9.64 Å². The van der Waals surface area contributed by atoms with Crippen LogP contribution in [0, 0.1) is 6.92 Å². The maximum absolute atomic E-state index is 12.6. The molecule has 1 amide bonds. The normalized spacial score (nSPS) is 14.1. The van der Waals surface area contributed by atoms with Crippen LogP contribution in [0.4, 0.5) is 5.69 Å². The van der Waals surface area contributed by atoms with Crippen LogP contribution in [0.2, 0.25) is 0 Å². The molecular formula is C22H24N4O3S. The Labute approximate surface area is 180 Å². The van der Waals surface area contributed by atoms with E-state index in [1.165, 1.54) is 23.0 Å². The third-order valence-corrected chi connectivity index (χ3v) is 5.86. The van der Waals surface area contributed by atoms with E-state index in [0.717, 1.165) is 24.4 Å². The molecule has 0 saturated carbocycles. The maximum Gasteiger partial charge on any atom is 0.277 e. The quantitative estimate of drug-likeness (QED) is 0.561. The second-order valence-electron chi connectivity index (χ2n) is 7.10. The minimum Gasteiger partial charge on any atom is -0.497 e. The van der Waals surface area contributed by atoms with Crippen LogP contribution in [0.1, 0.15) is 5.56 Å². The third-order valence-electron chi connectivity index (χ3n) is 5.06. The largest absolute Gasteiger partial charge is 0.497 e. The van der Waals surface area contributed by atoms with E-state index in [1.807, 2.05) is 29.2 Å². The molecule has 1 aromatic heterocycles. The summed E-state index contributed by atoms with van der Waals surface area (Å²) in [5.41, 5.74) is 3.28. The van der Waals surface area contributed by atoms with Gasteiger partial charge >= 0.3 is 0 Å². The van der Waals surface area contributed by atoms with Gasteiger partial charge in [0.25, 0.3) is 5.22 Å². The molecule has 2 heterocycles. The third kappa shape index (κ3) is 4.76. The van der Waals surface area contributed by atoms with E-state index in [1.54, 1.807) is 7.11 Å². The van der Waals surface area contributed by atoms with Crippen molar-refractivity contribution < 1.29 is 13.9 Å². The van der Waals surface area contributed by atoms with Gasteiger partial charge in [-0.05, 0) is 48.9 Å². The molecular weight excluding hydrogens is 400 g/mol. The molecule has 7 nitrogen and oxygen atoms in total. The van der Waals surface area contributed by atoms with E-state index in [9.17, 15) is 4.79 Å². The first-order valence-electron chi connectivity index (χ1n) is 9.82. The second-order valence-corrected chi connectivity index (χ2v) is 8.02. The number of benzene rings is 2. The van der Waals surface area contributed by atoms with Gasteiger partial charge in [-0.2, -0.15) is 0 Å². The molecule has 3 aromatic rings. The van der Waals surface area contributed by atoms with Crippen molar-refractivity contribution in [1.82, 2.24) is 15.1 Å². The molecule has 2 aromatic carbocycles. The molecule has 156 valence electrons. The summed E-state index contributed by atoms with van der Waals surface area (Å²) in [7, 11) is 1.62. The van der Waals surface area contributed by atoms with Crippen molar-refractivity contribution >= 4 is 23.4 Å². The van der Waals surface area contributed by atoms with Crippen molar-refractivity contribution in [2.24, 2.45) is 0 Å². The smallest absolute Gasteiger partial charge is 0.277 e. The van der Waals surface area contributed by atoms with E-state index >= 15 is 0 Å². The molecule has 1 saturated heterocycles. The molecule has 0 spiro atoms. The lowest BCUT2D eigenvalue weighted by Crippen LogP contribution is -2.49. The first-order valence-corrected chi connectivity index (χ1v) is 10.8. The maximum atomic E-state index is 12.6. The zero-order valence-electron chi connectivity index (χ0n) is 17.1. The number of thioether (sulfide) groups is 1. The Hall–Kier alpha value is -3.00. The molecule has 8 heteroatoms. The minimum atomic E-state index is 0.0908. The lowest BCUT2D eigenvalue weighted by molar-refractivity contribution is -0.128. The lowest BCUT2D eigenvalue weighted by atomic mass is 10.2. The van der Waals surface area contributed by atoms with Gasteiger partial charge in [-0.3, -0.25) is 4.79 Å². The van der Waals surface area contributed by atoms with Crippen LogP contribution >= 0.6 is 11.8 Å². The fraction of sp³-hybridized carbons (Fsp3) is 0.318. The van der Waals surface area contributed by atoms with E-state index in [-0.39, 0.29) is 11.7 Å². The van der Waals surface area contributed by atoms with E-state index < -0.39 is 0 Å². The fourth-order valence-corrected chi connectivity index (χ4v) is 4.04. The Morgan fingerprint density at radius 3 is 2.57 bits per heavy atom. The van der Waals surface area contributed by atoms with Gasteiger partial charge in [-0.1, -0.05) is 23.9 Å². The minimum absolute atomic E-state index is 0.0908. The highest BCUT2D eigenvalue weighted by Crippen LogP contribution is 2.25. The number of carbonyl (C=O) groups excluding carboxylic acids is 1. The van der Waals surface area contributed by atoms with Crippen molar-refractivity contribution in [3.8, 4) is 17.2 Å². The second kappa shape index (κ2) is 9.21. The molecule has 0 aliphatic carbocycles. The van der Waals surface area contributed by atoms with Gasteiger partial charge in [0.05, 0.1) is 12.9 Å². The van der Waals surface area contributed by atoms with E-state index in [2.05, 4.69) is 46.3 Å². The zero-order chi connectivity index (χ0) is 20.9. The number of amides is 1. The van der Waals surface area contributed by atoms with Crippen LogP contribution in [-0.4, -0.2) is 60.0 Å². The molecule has 0 unspecified atom stereocenters. The number of carbonyl (C=O) groups is 1. The van der Waals surface area contributed by atoms with E-state index in [0.29, 0.717) is 24.2 Å². The van der Waals surface area contributed by atoms with Crippen molar-refractivity contribution in [2.45, 2.75) is 12.1 Å². The Morgan fingerprint density at radius 2 is 1.87 bits per heavy atom. The van der Waals surface area contributed by atoms with Gasteiger partial charge in [-0.25, -0.2) is 0 Å². The SMILES string of the molecule is COc1ccc(-c2nnc(SCC(=O)N3CCN(c4cccc(C)c4)CC3)o2)cc1. The fourth-order valence-electron chi connectivity index (χ4n) is 3.37. The number of nitrogens with zero attached hydrogens (tertiary/aromatic N) is 4. The van der Waals surface area contributed by atoms with Crippen molar-refractivity contribution in [2.75, 3.05) is 43.9 Å². The van der Waals surface area contributed by atoms with E-state index in [4.69, 9.17) is 9.15 Å². The summed E-state index contributed by atoms with van der Waals surface area (Å²) < 4.78 is 10.8. The highest BCUT2D eigenvalue weighted by Gasteiger charge is 2.22. The van der Waals surface area contributed by atoms with Crippen molar-refractivity contribution in [3.63, 3.8) is 0 Å². The Balaban J connectivity index is 1.27. The van der Waals surface area contributed by atoms with Crippen LogP contribution in [0.3, 0.4) is 0 Å². The highest BCUT2D eigenvalue weighted by molar-refractivity contribution is 7.99. The summed E-state index contributed by atoms with van der Waals surface area (Å²) in [6.07, 6.45) is 0. The van der Waals surface area contributed by atoms with Gasteiger partial charge in [0.1, 0.15) is 5.75 Å². The summed E-state index contributed by atoms with van der Waals surface area (Å²) in [6, 6.07) is 15.9. The summed E-state index contributed by atoms with van der Waals surface area (Å²) in [5, 5.41) is 8.52. The lowest BCUT2D eigenvalue weighted by Gasteiger charge is -2.36. The summed E-state index contributed by atoms with van der Waals surface area (Å²) >= 11 is 1.27. The van der Waals surface area contributed by atoms with Gasteiger partial charge < -0.3 is 19.0 Å². The number of ether oxygens (including phenoxy) is 1. The number of hydrogen-bond donors (Lipinski definition) is 0. The predicted octanol–water partition coefficient (Wildman–Crippen LogP) is 3.49. The monoisotopic (exact) mass is 424 g/mol. The van der Waals surface area contributed by atoms with Crippen molar-refractivity contribution in [3.05, 3.63) is 54.1 Å². The summed E-state index contributed by atoms with van der Waals surface area (Å²) in [4.78, 5) is 16.8. The topological polar surface area (TPSA) is 71.7 Å². The molecule has 4 rings (SSSR count). The Bertz CT molecular complexity index is 998. The Kier molecular flexibility index (Phi) is 6.23. The van der Waals surface area contributed by atoms with Crippen LogP contribution in [0.15, 0.2) is 58.2 Å². The number of anilines is 1. The number of rotatable bonds is 6. The molecule has 1 aliphatic rings. The average molecular weight is 425 g/mol. The average Bonchev–Trinajstić information content (AvgIpc) is 3.27. The standard InChI is InChI=1S/C22H24N4O3S/c1-16-4-3-5-18(14-16)25-10-12-26(13-11-25)20(27)15-30-22-24-23-21(29-22)17-6-8-19(28-2)9-7-17/h3-9,14H,10-13,15H2,1-2H3. The number of aromatic nitrogens is 2. The zero-order valence-corrected chi connectivity index (χ0v) is 17.9. The molecule has 0 N–H and O–H groups in total. The van der Waals surface area contributed by atoms with Gasteiger partial charge in [0.15, 0.2) is 0 Å². The van der Waals surface area contributed by atoms with Crippen molar-refractivity contribution in [1.29, 1.82) is 0 Å². The molecule has 1 aliphatic heterocycles. The van der Waals surface area contributed by atoms with Gasteiger partial charge in [0, 0.05) is 37.4 Å². The van der Waals surface area contributed by atoms with Crippen LogP contribution in [0.25, 0.3) is 11.5 Å². The number of methoxy groups -OCH3 is 1. The Morgan fingerprint density at radius 1 is 1.10 bits per heavy atom. The first-order chi connectivity index (χ1) is 14.6. The molecule has 1 fully saturated rings. The number of piperazine rings is 1. The molecule has 30 heavy (non-hydrogen) atoms. The number of aryl methyl sites for hydroxylation is 1. The predicted molar refractivity (Wildman–Crippen MR) is 117 cm³/mol.